The van der Waals surface area contributed by atoms with Crippen molar-refractivity contribution >= 4 is 5.91 Å². The highest BCUT2D eigenvalue weighted by Gasteiger charge is 2.22. The summed E-state index contributed by atoms with van der Waals surface area (Å²) in [6, 6.07) is 19.1. The fourth-order valence-corrected chi connectivity index (χ4v) is 3.51. The fraction of sp³-hybridized carbons (Fsp3) is 0.160. The summed E-state index contributed by atoms with van der Waals surface area (Å²) in [7, 11) is 1.63. The van der Waals surface area contributed by atoms with E-state index in [0.29, 0.717) is 11.3 Å². The molecule has 4 aromatic rings. The van der Waals surface area contributed by atoms with Crippen molar-refractivity contribution < 1.29 is 9.53 Å². The quantitative estimate of drug-likeness (QED) is 0.497. The van der Waals surface area contributed by atoms with Gasteiger partial charge >= 0.3 is 0 Å². The Bertz CT molecular complexity index is 1190. The Morgan fingerprint density at radius 3 is 2.61 bits per heavy atom. The molecule has 0 saturated carbocycles. The fourth-order valence-electron chi connectivity index (χ4n) is 3.51. The summed E-state index contributed by atoms with van der Waals surface area (Å²) in [5.74, 6) is 0.531. The standard InChI is InChI=1S/C25H24N4O2/c1-17-11-12-23(31-3)21(14-17)18(2)27-25(30)22-16-29(20-9-5-4-6-10-20)28-24(22)19-8-7-13-26-15-19/h4-16,18H,1-3H3,(H,27,30)/t18-/m1/s1. The number of carbonyl (C=O) groups is 1. The zero-order valence-corrected chi connectivity index (χ0v) is 17.7. The first-order chi connectivity index (χ1) is 15.1. The molecule has 0 aliphatic carbocycles. The maximum absolute atomic E-state index is 13.3. The molecule has 1 amide bonds. The number of pyridine rings is 1. The number of aromatic nitrogens is 3. The van der Waals surface area contributed by atoms with Crippen molar-refractivity contribution in [2.45, 2.75) is 19.9 Å². The number of hydrogen-bond acceptors (Lipinski definition) is 4. The molecule has 0 radical (unpaired) electrons. The van der Waals surface area contributed by atoms with Gasteiger partial charge in [0.2, 0.25) is 0 Å². The smallest absolute Gasteiger partial charge is 0.255 e. The van der Waals surface area contributed by atoms with Crippen LogP contribution in [-0.4, -0.2) is 27.8 Å². The highest BCUT2D eigenvalue weighted by Crippen LogP contribution is 2.28. The van der Waals surface area contributed by atoms with Crippen LogP contribution in [0.2, 0.25) is 0 Å². The number of ether oxygens (including phenoxy) is 1. The van der Waals surface area contributed by atoms with Crippen LogP contribution in [0, 0.1) is 6.92 Å². The maximum atomic E-state index is 13.3. The average molecular weight is 412 g/mol. The Hall–Kier alpha value is -3.93. The molecular formula is C25H24N4O2. The first kappa shape index (κ1) is 20.3. The van der Waals surface area contributed by atoms with E-state index in [1.54, 1.807) is 30.4 Å². The molecule has 1 N–H and O–H groups in total. The summed E-state index contributed by atoms with van der Waals surface area (Å²) in [5.41, 5.74) is 4.75. The van der Waals surface area contributed by atoms with Crippen LogP contribution in [0.4, 0.5) is 0 Å². The monoisotopic (exact) mass is 412 g/mol. The number of carbonyl (C=O) groups excluding carboxylic acids is 1. The predicted octanol–water partition coefficient (Wildman–Crippen LogP) is 4.74. The van der Waals surface area contributed by atoms with Gasteiger partial charge in [0.1, 0.15) is 11.4 Å². The van der Waals surface area contributed by atoms with E-state index in [2.05, 4.69) is 10.3 Å². The summed E-state index contributed by atoms with van der Waals surface area (Å²) in [6.45, 7) is 3.96. The van der Waals surface area contributed by atoms with Gasteiger partial charge in [-0.3, -0.25) is 9.78 Å². The molecule has 2 aromatic heterocycles. The van der Waals surface area contributed by atoms with E-state index in [4.69, 9.17) is 9.84 Å². The van der Waals surface area contributed by atoms with Crippen LogP contribution in [0.5, 0.6) is 5.75 Å². The lowest BCUT2D eigenvalue weighted by atomic mass is 10.0. The molecule has 2 aromatic carbocycles. The lowest BCUT2D eigenvalue weighted by Gasteiger charge is -2.18. The van der Waals surface area contributed by atoms with Gasteiger partial charge in [0, 0.05) is 29.7 Å². The van der Waals surface area contributed by atoms with Gasteiger partial charge in [-0.15, -0.1) is 0 Å². The first-order valence-corrected chi connectivity index (χ1v) is 10.1. The Balaban J connectivity index is 1.70. The number of para-hydroxylation sites is 1. The second-order valence-corrected chi connectivity index (χ2v) is 7.35. The molecule has 0 aliphatic heterocycles. The molecule has 0 unspecified atom stereocenters. The summed E-state index contributed by atoms with van der Waals surface area (Å²) in [4.78, 5) is 17.5. The summed E-state index contributed by atoms with van der Waals surface area (Å²) >= 11 is 0. The number of hydrogen-bond donors (Lipinski definition) is 1. The molecule has 0 bridgehead atoms. The van der Waals surface area contributed by atoms with Gasteiger partial charge < -0.3 is 10.1 Å². The topological polar surface area (TPSA) is 69.0 Å². The SMILES string of the molecule is COc1ccc(C)cc1[C@@H](C)NC(=O)c1cn(-c2ccccc2)nc1-c1cccnc1. The number of aryl methyl sites for hydroxylation is 1. The third-order valence-electron chi connectivity index (χ3n) is 5.11. The molecule has 0 spiro atoms. The third-order valence-corrected chi connectivity index (χ3v) is 5.11. The van der Waals surface area contributed by atoms with Gasteiger partial charge in [-0.2, -0.15) is 5.10 Å². The number of nitrogens with one attached hydrogen (secondary N) is 1. The predicted molar refractivity (Wildman–Crippen MR) is 120 cm³/mol. The second kappa shape index (κ2) is 8.83. The van der Waals surface area contributed by atoms with Crippen molar-refractivity contribution in [2.24, 2.45) is 0 Å². The molecule has 4 rings (SSSR count). The number of nitrogens with zero attached hydrogens (tertiary/aromatic N) is 3. The molecule has 6 heteroatoms. The van der Waals surface area contributed by atoms with E-state index in [0.717, 1.165) is 28.1 Å². The molecule has 0 saturated heterocycles. The summed E-state index contributed by atoms with van der Waals surface area (Å²) in [6.07, 6.45) is 5.16. The van der Waals surface area contributed by atoms with Gasteiger partial charge in [0.05, 0.1) is 24.4 Å². The normalized spacial score (nSPS) is 11.7. The van der Waals surface area contributed by atoms with Crippen LogP contribution < -0.4 is 10.1 Å². The average Bonchev–Trinajstić information content (AvgIpc) is 3.26. The van der Waals surface area contributed by atoms with Gasteiger partial charge in [-0.05, 0) is 44.2 Å². The van der Waals surface area contributed by atoms with Crippen LogP contribution in [0.1, 0.15) is 34.5 Å². The maximum Gasteiger partial charge on any atom is 0.255 e. The van der Waals surface area contributed by atoms with Gasteiger partial charge in [-0.25, -0.2) is 4.68 Å². The van der Waals surface area contributed by atoms with E-state index in [1.165, 1.54) is 0 Å². The van der Waals surface area contributed by atoms with Crippen molar-refractivity contribution in [3.05, 3.63) is 95.9 Å². The van der Waals surface area contributed by atoms with Gasteiger partial charge in [-0.1, -0.05) is 35.9 Å². The highest BCUT2D eigenvalue weighted by molar-refractivity contribution is 6.00. The Kier molecular flexibility index (Phi) is 5.80. The van der Waals surface area contributed by atoms with Crippen molar-refractivity contribution in [1.29, 1.82) is 0 Å². The van der Waals surface area contributed by atoms with Crippen LogP contribution >= 0.6 is 0 Å². The minimum Gasteiger partial charge on any atom is -0.496 e. The van der Waals surface area contributed by atoms with Crippen molar-refractivity contribution in [1.82, 2.24) is 20.1 Å². The van der Waals surface area contributed by atoms with Crippen molar-refractivity contribution in [3.63, 3.8) is 0 Å². The number of methoxy groups -OCH3 is 1. The Morgan fingerprint density at radius 2 is 1.90 bits per heavy atom. The highest BCUT2D eigenvalue weighted by atomic mass is 16.5. The van der Waals surface area contributed by atoms with Gasteiger partial charge in [0.15, 0.2) is 0 Å². The number of rotatable bonds is 6. The molecule has 6 nitrogen and oxygen atoms in total. The molecule has 1 atom stereocenters. The third kappa shape index (κ3) is 4.33. The number of benzene rings is 2. The van der Waals surface area contributed by atoms with Gasteiger partial charge in [0.25, 0.3) is 5.91 Å². The molecule has 0 aliphatic rings. The van der Waals surface area contributed by atoms with Crippen LogP contribution in [-0.2, 0) is 0 Å². The van der Waals surface area contributed by atoms with E-state index < -0.39 is 0 Å². The van der Waals surface area contributed by atoms with Crippen molar-refractivity contribution in [2.75, 3.05) is 7.11 Å². The minimum atomic E-state index is -0.246. The Labute approximate surface area is 181 Å². The van der Waals surface area contributed by atoms with Crippen LogP contribution in [0.15, 0.2) is 79.3 Å². The molecule has 0 fully saturated rings. The van der Waals surface area contributed by atoms with E-state index >= 15 is 0 Å². The lowest BCUT2D eigenvalue weighted by Crippen LogP contribution is -2.27. The van der Waals surface area contributed by atoms with E-state index in [-0.39, 0.29) is 11.9 Å². The summed E-state index contributed by atoms with van der Waals surface area (Å²) in [5, 5.41) is 7.79. The van der Waals surface area contributed by atoms with Crippen LogP contribution in [0.3, 0.4) is 0 Å². The first-order valence-electron chi connectivity index (χ1n) is 10.1. The minimum absolute atomic E-state index is 0.211. The Morgan fingerprint density at radius 1 is 1.10 bits per heavy atom. The molecule has 31 heavy (non-hydrogen) atoms. The zero-order chi connectivity index (χ0) is 21.8. The molecule has 2 heterocycles. The zero-order valence-electron chi connectivity index (χ0n) is 17.7. The lowest BCUT2D eigenvalue weighted by molar-refractivity contribution is 0.0940. The van der Waals surface area contributed by atoms with E-state index in [9.17, 15) is 4.79 Å². The van der Waals surface area contributed by atoms with E-state index in [1.807, 2.05) is 74.5 Å². The summed E-state index contributed by atoms with van der Waals surface area (Å²) < 4.78 is 7.21. The molecular weight excluding hydrogens is 388 g/mol. The molecule has 156 valence electrons. The number of amides is 1. The largest absolute Gasteiger partial charge is 0.496 e. The van der Waals surface area contributed by atoms with Crippen LogP contribution in [0.25, 0.3) is 16.9 Å². The second-order valence-electron chi connectivity index (χ2n) is 7.35. The van der Waals surface area contributed by atoms with Crippen molar-refractivity contribution in [3.8, 4) is 22.7 Å².